The fourth-order valence-electron chi connectivity index (χ4n) is 4.71. The van der Waals surface area contributed by atoms with Gasteiger partial charge in [0.05, 0.1) is 5.41 Å². The van der Waals surface area contributed by atoms with Crippen LogP contribution in [0.4, 0.5) is 0 Å². The lowest BCUT2D eigenvalue weighted by molar-refractivity contribution is -0.178. The Balaban J connectivity index is 2.02. The molecule has 3 nitrogen and oxygen atoms in total. The first-order valence-corrected chi connectivity index (χ1v) is 6.03. The number of hydrogen-bond acceptors (Lipinski definition) is 2. The minimum absolute atomic E-state index is 0.268. The minimum Gasteiger partial charge on any atom is -0.481 e. The number of carbonyl (C=O) groups is 1. The lowest BCUT2D eigenvalue weighted by Gasteiger charge is -2.61. The molecule has 4 aliphatic carbocycles. The predicted molar refractivity (Wildman–Crippen MR) is 56.1 cm³/mol. The first-order chi connectivity index (χ1) is 7.04. The maximum absolute atomic E-state index is 11.5. The standard InChI is InChI=1S/C12H19NO2/c1-6-9-3-7-2-8(10(9)13)5-12(6,4-7)11(14)15/h6-10H,2-5,13H2,1H3,(H,14,15). The average molecular weight is 209 g/mol. The Morgan fingerprint density at radius 2 is 2.13 bits per heavy atom. The molecule has 84 valence electrons. The molecule has 4 saturated carbocycles. The molecular weight excluding hydrogens is 190 g/mol. The van der Waals surface area contributed by atoms with Crippen molar-refractivity contribution in [2.24, 2.45) is 34.8 Å². The second-order valence-electron chi connectivity index (χ2n) is 6.00. The summed E-state index contributed by atoms with van der Waals surface area (Å²) >= 11 is 0. The van der Waals surface area contributed by atoms with Crippen LogP contribution in [0.15, 0.2) is 0 Å². The van der Waals surface area contributed by atoms with E-state index in [-0.39, 0.29) is 12.0 Å². The maximum Gasteiger partial charge on any atom is 0.309 e. The Morgan fingerprint density at radius 3 is 2.80 bits per heavy atom. The van der Waals surface area contributed by atoms with Gasteiger partial charge >= 0.3 is 5.97 Å². The van der Waals surface area contributed by atoms with Crippen LogP contribution in [0.1, 0.15) is 32.6 Å². The molecule has 4 fully saturated rings. The van der Waals surface area contributed by atoms with Crippen molar-refractivity contribution in [2.75, 3.05) is 0 Å². The van der Waals surface area contributed by atoms with Crippen molar-refractivity contribution in [1.29, 1.82) is 0 Å². The van der Waals surface area contributed by atoms with E-state index in [2.05, 4.69) is 6.92 Å². The maximum atomic E-state index is 11.5. The highest BCUT2D eigenvalue weighted by Crippen LogP contribution is 2.62. The highest BCUT2D eigenvalue weighted by atomic mass is 16.4. The molecule has 3 N–H and O–H groups in total. The third kappa shape index (κ3) is 1.02. The lowest BCUT2D eigenvalue weighted by atomic mass is 9.44. The molecule has 0 aliphatic heterocycles. The van der Waals surface area contributed by atoms with Crippen molar-refractivity contribution in [3.8, 4) is 0 Å². The second-order valence-corrected chi connectivity index (χ2v) is 6.00. The van der Waals surface area contributed by atoms with E-state index in [1.54, 1.807) is 0 Å². The van der Waals surface area contributed by atoms with E-state index >= 15 is 0 Å². The summed E-state index contributed by atoms with van der Waals surface area (Å²) in [6.45, 7) is 2.11. The summed E-state index contributed by atoms with van der Waals surface area (Å²) in [7, 11) is 0. The van der Waals surface area contributed by atoms with Crippen LogP contribution in [0.25, 0.3) is 0 Å². The highest BCUT2D eigenvalue weighted by Gasteiger charge is 2.61. The van der Waals surface area contributed by atoms with Crippen LogP contribution in [-0.2, 0) is 4.79 Å². The van der Waals surface area contributed by atoms with Gasteiger partial charge in [-0.1, -0.05) is 6.92 Å². The van der Waals surface area contributed by atoms with Crippen LogP contribution < -0.4 is 5.73 Å². The van der Waals surface area contributed by atoms with E-state index in [1.807, 2.05) is 0 Å². The van der Waals surface area contributed by atoms with E-state index in [0.717, 1.165) is 12.8 Å². The number of carboxylic acid groups (broad SMARTS) is 1. The molecule has 0 aromatic rings. The highest BCUT2D eigenvalue weighted by molar-refractivity contribution is 5.76. The number of nitrogens with two attached hydrogens (primary N) is 1. The lowest BCUT2D eigenvalue weighted by Crippen LogP contribution is -2.63. The largest absolute Gasteiger partial charge is 0.481 e. The van der Waals surface area contributed by atoms with Gasteiger partial charge in [-0.2, -0.15) is 0 Å². The van der Waals surface area contributed by atoms with Gasteiger partial charge in [-0.15, -0.1) is 0 Å². The summed E-state index contributed by atoms with van der Waals surface area (Å²) in [5, 5.41) is 9.49. The summed E-state index contributed by atoms with van der Waals surface area (Å²) in [6, 6.07) is 0.268. The zero-order valence-corrected chi connectivity index (χ0v) is 9.15. The van der Waals surface area contributed by atoms with E-state index in [4.69, 9.17) is 5.73 Å². The molecule has 4 aliphatic rings. The van der Waals surface area contributed by atoms with Gasteiger partial charge in [0.1, 0.15) is 0 Å². The van der Waals surface area contributed by atoms with Crippen LogP contribution in [0.5, 0.6) is 0 Å². The van der Waals surface area contributed by atoms with E-state index < -0.39 is 11.4 Å². The summed E-state index contributed by atoms with van der Waals surface area (Å²) in [5.74, 6) is 1.29. The van der Waals surface area contributed by atoms with Crippen molar-refractivity contribution in [1.82, 2.24) is 0 Å². The average Bonchev–Trinajstić information content (AvgIpc) is 2.19. The Kier molecular flexibility index (Phi) is 1.77. The van der Waals surface area contributed by atoms with Gasteiger partial charge in [0.15, 0.2) is 0 Å². The predicted octanol–water partition coefficient (Wildman–Crippen LogP) is 1.47. The van der Waals surface area contributed by atoms with Gasteiger partial charge < -0.3 is 10.8 Å². The Hall–Kier alpha value is -0.570. The fraction of sp³-hybridized carbons (Fsp3) is 0.917. The molecule has 3 heteroatoms. The molecule has 4 rings (SSSR count). The molecule has 0 heterocycles. The van der Waals surface area contributed by atoms with Crippen LogP contribution >= 0.6 is 0 Å². The van der Waals surface area contributed by atoms with Crippen LogP contribution in [-0.4, -0.2) is 17.1 Å². The van der Waals surface area contributed by atoms with Crippen molar-refractivity contribution < 1.29 is 9.90 Å². The van der Waals surface area contributed by atoms with Crippen molar-refractivity contribution in [3.63, 3.8) is 0 Å². The summed E-state index contributed by atoms with van der Waals surface area (Å²) in [6.07, 6.45) is 4.09. The Bertz CT molecular complexity index is 317. The van der Waals surface area contributed by atoms with E-state index in [1.165, 1.54) is 12.8 Å². The smallest absolute Gasteiger partial charge is 0.309 e. The van der Waals surface area contributed by atoms with E-state index in [0.29, 0.717) is 17.8 Å². The van der Waals surface area contributed by atoms with Crippen LogP contribution in [0.3, 0.4) is 0 Å². The number of hydrogen-bond donors (Lipinski definition) is 2. The first-order valence-electron chi connectivity index (χ1n) is 6.03. The van der Waals surface area contributed by atoms with Gasteiger partial charge in [0, 0.05) is 6.04 Å². The molecule has 4 bridgehead atoms. The normalized spacial score (nSPS) is 57.1. The summed E-state index contributed by atoms with van der Waals surface area (Å²) in [5.41, 5.74) is 5.80. The second kappa shape index (κ2) is 2.76. The zero-order valence-electron chi connectivity index (χ0n) is 9.15. The number of rotatable bonds is 1. The Labute approximate surface area is 90.0 Å². The summed E-state index contributed by atoms with van der Waals surface area (Å²) in [4.78, 5) is 11.5. The van der Waals surface area contributed by atoms with Gasteiger partial charge in [-0.3, -0.25) is 4.79 Å². The van der Waals surface area contributed by atoms with Crippen molar-refractivity contribution in [3.05, 3.63) is 0 Å². The quantitative estimate of drug-likeness (QED) is 0.687. The topological polar surface area (TPSA) is 63.3 Å². The molecule has 0 amide bonds. The Morgan fingerprint density at radius 1 is 1.40 bits per heavy atom. The van der Waals surface area contributed by atoms with Gasteiger partial charge in [0.25, 0.3) is 0 Å². The number of aliphatic carboxylic acids is 1. The molecule has 0 saturated heterocycles. The van der Waals surface area contributed by atoms with E-state index in [9.17, 15) is 9.90 Å². The van der Waals surface area contributed by atoms with Crippen LogP contribution in [0.2, 0.25) is 0 Å². The molecule has 0 aromatic heterocycles. The molecule has 15 heavy (non-hydrogen) atoms. The van der Waals surface area contributed by atoms with Crippen molar-refractivity contribution in [2.45, 2.75) is 38.6 Å². The summed E-state index contributed by atoms with van der Waals surface area (Å²) < 4.78 is 0. The first kappa shape index (κ1) is 9.64. The monoisotopic (exact) mass is 209 g/mol. The molecular formula is C12H19NO2. The molecule has 0 radical (unpaired) electrons. The van der Waals surface area contributed by atoms with Crippen LogP contribution in [0, 0.1) is 29.1 Å². The molecule has 6 unspecified atom stereocenters. The SMILES string of the molecule is CC1C2CC3CC(CC1(C(=O)O)C3)C2N. The molecule has 6 atom stereocenters. The molecule has 0 aromatic carbocycles. The number of carboxylic acids is 1. The third-order valence-electron chi connectivity index (χ3n) is 5.50. The minimum atomic E-state index is -0.568. The van der Waals surface area contributed by atoms with Gasteiger partial charge in [-0.05, 0) is 49.4 Å². The van der Waals surface area contributed by atoms with Gasteiger partial charge in [-0.25, -0.2) is 0 Å². The fourth-order valence-corrected chi connectivity index (χ4v) is 4.71. The van der Waals surface area contributed by atoms with Crippen molar-refractivity contribution >= 4 is 5.97 Å². The third-order valence-corrected chi connectivity index (χ3v) is 5.50. The zero-order chi connectivity index (χ0) is 10.8. The van der Waals surface area contributed by atoms with Gasteiger partial charge in [0.2, 0.25) is 0 Å². The molecule has 0 spiro atoms.